The van der Waals surface area contributed by atoms with Crippen LogP contribution in [0.15, 0.2) is 24.4 Å². The maximum absolute atomic E-state index is 13.2. The molecule has 6 heteroatoms. The molecule has 0 unspecified atom stereocenters. The van der Waals surface area contributed by atoms with Gasteiger partial charge in [-0.05, 0) is 50.5 Å². The molecule has 27 heavy (non-hydrogen) atoms. The summed E-state index contributed by atoms with van der Waals surface area (Å²) in [6, 6.07) is 6.45. The Bertz CT molecular complexity index is 913. The first-order valence-corrected chi connectivity index (χ1v) is 9.75. The number of ether oxygens (including phenoxy) is 1. The van der Waals surface area contributed by atoms with E-state index in [2.05, 4.69) is 14.8 Å². The van der Waals surface area contributed by atoms with Crippen molar-refractivity contribution in [1.29, 1.82) is 0 Å². The van der Waals surface area contributed by atoms with Crippen molar-refractivity contribution in [2.45, 2.75) is 45.2 Å². The van der Waals surface area contributed by atoms with E-state index in [1.165, 1.54) is 0 Å². The summed E-state index contributed by atoms with van der Waals surface area (Å²) in [6.07, 6.45) is 4.68. The van der Waals surface area contributed by atoms with Gasteiger partial charge in [-0.1, -0.05) is 0 Å². The molecule has 1 aromatic heterocycles. The summed E-state index contributed by atoms with van der Waals surface area (Å²) < 4.78 is 5.57. The predicted octanol–water partition coefficient (Wildman–Crippen LogP) is 2.52. The highest BCUT2D eigenvalue weighted by molar-refractivity contribution is 5.95. The van der Waals surface area contributed by atoms with Gasteiger partial charge < -0.3 is 14.5 Å². The first-order chi connectivity index (χ1) is 13.1. The highest BCUT2D eigenvalue weighted by Crippen LogP contribution is 2.36. The predicted molar refractivity (Wildman–Crippen MR) is 102 cm³/mol. The molecule has 2 saturated heterocycles. The van der Waals surface area contributed by atoms with Crippen molar-refractivity contribution >= 4 is 11.7 Å². The van der Waals surface area contributed by atoms with E-state index in [-0.39, 0.29) is 11.9 Å². The standard InChI is InChI=1S/C21H24N4O2/c1-13-12-22-14(2)20(23-13)24-8-5-18-17(24)6-9-25(18)21(26)16-3-4-19-15(11-16)7-10-27-19/h3-4,11-12,17-18H,5-10H2,1-2H3/t17-,18-/m0/s1. The third-order valence-electron chi connectivity index (χ3n) is 6.10. The van der Waals surface area contributed by atoms with Crippen molar-refractivity contribution in [3.63, 3.8) is 0 Å². The van der Waals surface area contributed by atoms with E-state index in [0.29, 0.717) is 12.6 Å². The lowest BCUT2D eigenvalue weighted by Crippen LogP contribution is -2.40. The number of carbonyl (C=O) groups excluding carboxylic acids is 1. The Morgan fingerprint density at radius 3 is 2.93 bits per heavy atom. The summed E-state index contributed by atoms with van der Waals surface area (Å²) in [7, 11) is 0. The number of anilines is 1. The largest absolute Gasteiger partial charge is 0.493 e. The molecule has 2 fully saturated rings. The average Bonchev–Trinajstić information content (AvgIpc) is 3.38. The van der Waals surface area contributed by atoms with E-state index in [4.69, 9.17) is 9.72 Å². The van der Waals surface area contributed by atoms with Crippen LogP contribution in [0.3, 0.4) is 0 Å². The number of benzene rings is 1. The number of carbonyl (C=O) groups is 1. The minimum Gasteiger partial charge on any atom is -0.493 e. The molecule has 6 nitrogen and oxygen atoms in total. The summed E-state index contributed by atoms with van der Waals surface area (Å²) in [5.74, 6) is 2.05. The topological polar surface area (TPSA) is 58.6 Å². The second-order valence-corrected chi connectivity index (χ2v) is 7.75. The van der Waals surface area contributed by atoms with Crippen LogP contribution in [0.4, 0.5) is 5.82 Å². The van der Waals surface area contributed by atoms with Crippen LogP contribution in [0, 0.1) is 13.8 Å². The van der Waals surface area contributed by atoms with Gasteiger partial charge in [0.1, 0.15) is 5.75 Å². The number of aryl methyl sites for hydroxylation is 2. The maximum Gasteiger partial charge on any atom is 0.254 e. The summed E-state index contributed by atoms with van der Waals surface area (Å²) in [5, 5.41) is 0. The first-order valence-electron chi connectivity index (χ1n) is 9.75. The van der Waals surface area contributed by atoms with Crippen LogP contribution >= 0.6 is 0 Å². The summed E-state index contributed by atoms with van der Waals surface area (Å²) >= 11 is 0. The molecule has 3 aliphatic heterocycles. The summed E-state index contributed by atoms with van der Waals surface area (Å²) in [6.45, 7) is 6.44. The zero-order chi connectivity index (χ0) is 18.5. The number of amides is 1. The number of likely N-dealkylation sites (tertiary alicyclic amines) is 1. The molecule has 0 radical (unpaired) electrons. The molecule has 2 aromatic rings. The van der Waals surface area contributed by atoms with E-state index in [0.717, 1.165) is 66.4 Å². The Labute approximate surface area is 159 Å². The van der Waals surface area contributed by atoms with Crippen LogP contribution in [-0.2, 0) is 6.42 Å². The fourth-order valence-electron chi connectivity index (χ4n) is 4.78. The van der Waals surface area contributed by atoms with Gasteiger partial charge >= 0.3 is 0 Å². The molecule has 3 aliphatic rings. The Hall–Kier alpha value is -2.63. The summed E-state index contributed by atoms with van der Waals surface area (Å²) in [5.41, 5.74) is 3.83. The van der Waals surface area contributed by atoms with Gasteiger partial charge in [0.25, 0.3) is 5.91 Å². The van der Waals surface area contributed by atoms with Crippen molar-refractivity contribution in [3.8, 4) is 5.75 Å². The lowest BCUT2D eigenvalue weighted by Gasteiger charge is -2.27. The molecular formula is C21H24N4O2. The van der Waals surface area contributed by atoms with E-state index in [1.54, 1.807) is 0 Å². The smallest absolute Gasteiger partial charge is 0.254 e. The Balaban J connectivity index is 1.38. The monoisotopic (exact) mass is 364 g/mol. The second-order valence-electron chi connectivity index (χ2n) is 7.75. The van der Waals surface area contributed by atoms with Gasteiger partial charge in [-0.3, -0.25) is 9.78 Å². The van der Waals surface area contributed by atoms with Crippen LogP contribution in [-0.4, -0.2) is 52.6 Å². The zero-order valence-corrected chi connectivity index (χ0v) is 15.8. The van der Waals surface area contributed by atoms with Gasteiger partial charge in [0.15, 0.2) is 5.82 Å². The van der Waals surface area contributed by atoms with E-state index in [9.17, 15) is 4.79 Å². The highest BCUT2D eigenvalue weighted by atomic mass is 16.5. The molecule has 0 bridgehead atoms. The third kappa shape index (κ3) is 2.66. The summed E-state index contributed by atoms with van der Waals surface area (Å²) in [4.78, 5) is 26.8. The third-order valence-corrected chi connectivity index (χ3v) is 6.10. The van der Waals surface area contributed by atoms with E-state index < -0.39 is 0 Å². The number of hydrogen-bond acceptors (Lipinski definition) is 5. The minimum atomic E-state index is 0.145. The van der Waals surface area contributed by atoms with Crippen molar-refractivity contribution in [2.75, 3.05) is 24.6 Å². The molecule has 5 rings (SSSR count). The van der Waals surface area contributed by atoms with Crippen LogP contribution in [0.1, 0.15) is 40.2 Å². The molecule has 1 amide bonds. The molecule has 1 aromatic carbocycles. The Kier molecular flexibility index (Phi) is 3.81. The van der Waals surface area contributed by atoms with Gasteiger partial charge in [0.2, 0.25) is 0 Å². The average molecular weight is 364 g/mol. The maximum atomic E-state index is 13.2. The molecular weight excluding hydrogens is 340 g/mol. The molecule has 0 saturated carbocycles. The van der Waals surface area contributed by atoms with Crippen molar-refractivity contribution in [3.05, 3.63) is 46.9 Å². The fourth-order valence-corrected chi connectivity index (χ4v) is 4.78. The van der Waals surface area contributed by atoms with Crippen molar-refractivity contribution < 1.29 is 9.53 Å². The van der Waals surface area contributed by atoms with Crippen LogP contribution in [0.5, 0.6) is 5.75 Å². The first kappa shape index (κ1) is 16.5. The molecule has 4 heterocycles. The molecule has 0 aliphatic carbocycles. The number of hydrogen-bond donors (Lipinski definition) is 0. The number of rotatable bonds is 2. The lowest BCUT2D eigenvalue weighted by atomic mass is 10.1. The van der Waals surface area contributed by atoms with Crippen LogP contribution in [0.2, 0.25) is 0 Å². The van der Waals surface area contributed by atoms with Gasteiger partial charge in [-0.15, -0.1) is 0 Å². The zero-order valence-electron chi connectivity index (χ0n) is 15.8. The quantitative estimate of drug-likeness (QED) is 0.820. The van der Waals surface area contributed by atoms with Crippen LogP contribution in [0.25, 0.3) is 0 Å². The Morgan fingerprint density at radius 2 is 2.04 bits per heavy atom. The van der Waals surface area contributed by atoms with Gasteiger partial charge in [0, 0.05) is 31.3 Å². The van der Waals surface area contributed by atoms with E-state index >= 15 is 0 Å². The van der Waals surface area contributed by atoms with Crippen molar-refractivity contribution in [1.82, 2.24) is 14.9 Å². The Morgan fingerprint density at radius 1 is 1.19 bits per heavy atom. The van der Waals surface area contributed by atoms with Gasteiger partial charge in [-0.25, -0.2) is 4.98 Å². The van der Waals surface area contributed by atoms with Crippen molar-refractivity contribution in [2.24, 2.45) is 0 Å². The number of nitrogens with zero attached hydrogens (tertiary/aromatic N) is 4. The minimum absolute atomic E-state index is 0.145. The molecule has 140 valence electrons. The van der Waals surface area contributed by atoms with Gasteiger partial charge in [-0.2, -0.15) is 0 Å². The molecule has 0 N–H and O–H groups in total. The lowest BCUT2D eigenvalue weighted by molar-refractivity contribution is 0.0737. The van der Waals surface area contributed by atoms with E-state index in [1.807, 2.05) is 38.2 Å². The second kappa shape index (κ2) is 6.22. The SMILES string of the molecule is Cc1cnc(C)c(N2CC[C@H]3[C@@H]2CCN3C(=O)c2ccc3c(c2)CCO3)n1. The molecule has 0 spiro atoms. The number of aromatic nitrogens is 2. The number of fused-ring (bicyclic) bond motifs is 2. The van der Waals surface area contributed by atoms with Gasteiger partial charge in [0.05, 0.1) is 30.1 Å². The molecule has 2 atom stereocenters. The highest BCUT2D eigenvalue weighted by Gasteiger charge is 2.45. The fraction of sp³-hybridized carbons (Fsp3) is 0.476. The normalized spacial score (nSPS) is 23.3. The van der Waals surface area contributed by atoms with Crippen LogP contribution < -0.4 is 9.64 Å².